The minimum absolute atomic E-state index is 0.00733. The first-order chi connectivity index (χ1) is 9.17. The minimum atomic E-state index is -0.844. The van der Waals surface area contributed by atoms with E-state index < -0.39 is 5.97 Å². The molecule has 0 fully saturated rings. The molecule has 0 aromatic carbocycles. The van der Waals surface area contributed by atoms with Gasteiger partial charge in [0.25, 0.3) is 0 Å². The summed E-state index contributed by atoms with van der Waals surface area (Å²) in [7, 11) is 0. The average molecular weight is 260 g/mol. The molecule has 0 aliphatic carbocycles. The van der Waals surface area contributed by atoms with Gasteiger partial charge in [-0.25, -0.2) is 4.68 Å². The zero-order valence-electron chi connectivity index (χ0n) is 11.0. The van der Waals surface area contributed by atoms with E-state index in [-0.39, 0.29) is 6.42 Å². The Morgan fingerprint density at radius 1 is 1.37 bits per heavy atom. The van der Waals surface area contributed by atoms with E-state index in [0.717, 1.165) is 17.0 Å². The van der Waals surface area contributed by atoms with Crippen LogP contribution in [0.15, 0.2) is 18.3 Å². The van der Waals surface area contributed by atoms with Gasteiger partial charge in [0.1, 0.15) is 0 Å². The summed E-state index contributed by atoms with van der Waals surface area (Å²) in [5.74, 6) is -0.228. The van der Waals surface area contributed by atoms with Crippen LogP contribution in [0.3, 0.4) is 0 Å². The molecule has 6 nitrogen and oxygen atoms in total. The Balaban J connectivity index is 2.56. The quantitative estimate of drug-likeness (QED) is 0.879. The maximum atomic E-state index is 11.0. The molecule has 2 aromatic heterocycles. The molecule has 0 unspecified atom stereocenters. The number of hydrogen-bond acceptors (Lipinski definition) is 4. The van der Waals surface area contributed by atoms with Crippen molar-refractivity contribution in [1.82, 2.24) is 20.0 Å². The van der Waals surface area contributed by atoms with Crippen LogP contribution in [-0.2, 0) is 24.1 Å². The summed E-state index contributed by atoms with van der Waals surface area (Å²) in [6.07, 6.45) is 2.99. The second-order valence-corrected chi connectivity index (χ2v) is 4.14. The molecule has 0 radical (unpaired) electrons. The van der Waals surface area contributed by atoms with Gasteiger partial charge in [0.05, 0.1) is 12.1 Å². The van der Waals surface area contributed by atoms with Crippen molar-refractivity contribution in [3.63, 3.8) is 0 Å². The van der Waals surface area contributed by atoms with Gasteiger partial charge in [-0.3, -0.25) is 4.79 Å². The van der Waals surface area contributed by atoms with E-state index in [2.05, 4.69) is 15.3 Å². The third-order valence-corrected chi connectivity index (χ3v) is 2.95. The Morgan fingerprint density at radius 2 is 2.16 bits per heavy atom. The number of carboxylic acids is 1. The van der Waals surface area contributed by atoms with E-state index in [1.54, 1.807) is 16.9 Å². The van der Waals surface area contributed by atoms with Crippen LogP contribution in [0.4, 0.5) is 0 Å². The van der Waals surface area contributed by atoms with Crippen molar-refractivity contribution in [1.29, 1.82) is 0 Å². The Morgan fingerprint density at radius 3 is 2.68 bits per heavy atom. The van der Waals surface area contributed by atoms with Crippen molar-refractivity contribution in [3.05, 3.63) is 35.3 Å². The highest BCUT2D eigenvalue weighted by Gasteiger charge is 2.19. The molecule has 0 saturated heterocycles. The van der Waals surface area contributed by atoms with Gasteiger partial charge in [-0.05, 0) is 25.0 Å². The molecule has 6 heteroatoms. The molecule has 0 aliphatic rings. The number of hydrogen-bond donors (Lipinski definition) is 1. The van der Waals surface area contributed by atoms with Crippen molar-refractivity contribution in [2.45, 2.75) is 33.1 Å². The van der Waals surface area contributed by atoms with Crippen molar-refractivity contribution in [3.8, 4) is 5.82 Å². The van der Waals surface area contributed by atoms with Crippen LogP contribution in [0, 0.1) is 0 Å². The molecule has 0 aliphatic heterocycles. The zero-order valence-corrected chi connectivity index (χ0v) is 11.0. The number of aryl methyl sites for hydroxylation is 1. The predicted molar refractivity (Wildman–Crippen MR) is 69.2 cm³/mol. The first-order valence-corrected chi connectivity index (χ1v) is 6.26. The van der Waals surface area contributed by atoms with Crippen LogP contribution in [0.1, 0.15) is 30.8 Å². The van der Waals surface area contributed by atoms with E-state index in [9.17, 15) is 4.79 Å². The minimum Gasteiger partial charge on any atom is -0.481 e. The van der Waals surface area contributed by atoms with Crippen LogP contribution >= 0.6 is 0 Å². The highest BCUT2D eigenvalue weighted by Crippen LogP contribution is 2.19. The average Bonchev–Trinajstić information content (AvgIpc) is 2.76. The van der Waals surface area contributed by atoms with Gasteiger partial charge in [-0.15, -0.1) is 5.10 Å². The van der Waals surface area contributed by atoms with E-state index in [1.807, 2.05) is 19.9 Å². The Hall–Kier alpha value is -2.24. The molecule has 0 saturated carbocycles. The standard InChI is InChI=1S/C13H16N4O2/c1-3-10-9(8-13(18)19)11(4-2)17(16-10)12-6-5-7-14-15-12/h5-7H,3-4,8H2,1-2H3,(H,18,19). The largest absolute Gasteiger partial charge is 0.481 e. The predicted octanol–water partition coefficient (Wildman–Crippen LogP) is 1.41. The van der Waals surface area contributed by atoms with E-state index in [1.165, 1.54) is 0 Å². The van der Waals surface area contributed by atoms with Gasteiger partial charge in [0.2, 0.25) is 0 Å². The third kappa shape index (κ3) is 2.62. The number of carbonyl (C=O) groups is 1. The summed E-state index contributed by atoms with van der Waals surface area (Å²) in [5.41, 5.74) is 2.49. The second-order valence-electron chi connectivity index (χ2n) is 4.14. The molecule has 0 bridgehead atoms. The summed E-state index contributed by atoms with van der Waals surface area (Å²) in [4.78, 5) is 11.0. The van der Waals surface area contributed by atoms with Gasteiger partial charge < -0.3 is 5.11 Å². The molecule has 0 atom stereocenters. The topological polar surface area (TPSA) is 80.9 Å². The summed E-state index contributed by atoms with van der Waals surface area (Å²) in [5, 5.41) is 21.4. The second kappa shape index (κ2) is 5.60. The van der Waals surface area contributed by atoms with Gasteiger partial charge >= 0.3 is 5.97 Å². The van der Waals surface area contributed by atoms with Crippen LogP contribution in [-0.4, -0.2) is 31.1 Å². The zero-order chi connectivity index (χ0) is 13.8. The Labute approximate surface area is 111 Å². The van der Waals surface area contributed by atoms with Gasteiger partial charge in [-0.2, -0.15) is 10.2 Å². The number of aromatic nitrogens is 4. The van der Waals surface area contributed by atoms with Crippen LogP contribution in [0.5, 0.6) is 0 Å². The molecule has 2 rings (SSSR count). The fourth-order valence-electron chi connectivity index (χ4n) is 2.13. The number of aliphatic carboxylic acids is 1. The normalized spacial score (nSPS) is 10.6. The maximum absolute atomic E-state index is 11.0. The molecule has 0 spiro atoms. The lowest BCUT2D eigenvalue weighted by molar-refractivity contribution is -0.136. The van der Waals surface area contributed by atoms with Gasteiger partial charge in [0.15, 0.2) is 5.82 Å². The fourth-order valence-corrected chi connectivity index (χ4v) is 2.13. The highest BCUT2D eigenvalue weighted by molar-refractivity contribution is 5.71. The smallest absolute Gasteiger partial charge is 0.307 e. The van der Waals surface area contributed by atoms with Crippen molar-refractivity contribution < 1.29 is 9.90 Å². The van der Waals surface area contributed by atoms with E-state index in [0.29, 0.717) is 18.7 Å². The van der Waals surface area contributed by atoms with Crippen LogP contribution in [0.25, 0.3) is 5.82 Å². The Kier molecular flexibility index (Phi) is 3.89. The third-order valence-electron chi connectivity index (χ3n) is 2.95. The lowest BCUT2D eigenvalue weighted by atomic mass is 10.1. The van der Waals surface area contributed by atoms with Gasteiger partial charge in [-0.1, -0.05) is 13.8 Å². The molecule has 100 valence electrons. The summed E-state index contributed by atoms with van der Waals surface area (Å²) < 4.78 is 1.70. The monoisotopic (exact) mass is 260 g/mol. The van der Waals surface area contributed by atoms with Crippen LogP contribution in [0.2, 0.25) is 0 Å². The lowest BCUT2D eigenvalue weighted by Crippen LogP contribution is -2.07. The summed E-state index contributed by atoms with van der Waals surface area (Å²) in [6, 6.07) is 3.59. The number of rotatable bonds is 5. The number of nitrogens with zero attached hydrogens (tertiary/aromatic N) is 4. The van der Waals surface area contributed by atoms with E-state index in [4.69, 9.17) is 5.11 Å². The molecule has 1 N–H and O–H groups in total. The van der Waals surface area contributed by atoms with E-state index >= 15 is 0 Å². The maximum Gasteiger partial charge on any atom is 0.307 e. The molecule has 19 heavy (non-hydrogen) atoms. The number of carboxylic acid groups (broad SMARTS) is 1. The first kappa shape index (κ1) is 13.2. The van der Waals surface area contributed by atoms with Gasteiger partial charge in [0, 0.05) is 17.5 Å². The summed E-state index contributed by atoms with van der Waals surface area (Å²) in [6.45, 7) is 3.95. The van der Waals surface area contributed by atoms with Crippen molar-refractivity contribution >= 4 is 5.97 Å². The van der Waals surface area contributed by atoms with Crippen molar-refractivity contribution in [2.75, 3.05) is 0 Å². The summed E-state index contributed by atoms with van der Waals surface area (Å²) >= 11 is 0. The highest BCUT2D eigenvalue weighted by atomic mass is 16.4. The fraction of sp³-hybridized carbons (Fsp3) is 0.385. The molecule has 0 amide bonds. The Bertz CT molecular complexity index is 578. The molecule has 2 heterocycles. The first-order valence-electron chi connectivity index (χ1n) is 6.26. The van der Waals surface area contributed by atoms with Crippen LogP contribution < -0.4 is 0 Å². The molecular weight excluding hydrogens is 244 g/mol. The lowest BCUT2D eigenvalue weighted by Gasteiger charge is -2.05. The SMILES string of the molecule is CCc1nn(-c2cccnn2)c(CC)c1CC(=O)O. The molecular formula is C13H16N4O2. The molecule has 2 aromatic rings. The van der Waals surface area contributed by atoms with Crippen molar-refractivity contribution in [2.24, 2.45) is 0 Å².